The van der Waals surface area contributed by atoms with Crippen molar-refractivity contribution < 1.29 is 0 Å². The Balaban J connectivity index is 4.33. The van der Waals surface area contributed by atoms with Crippen molar-refractivity contribution in [3.63, 3.8) is 0 Å². The molecule has 0 aromatic carbocycles. The summed E-state index contributed by atoms with van der Waals surface area (Å²) in [4.78, 5) is 0. The minimum atomic E-state index is -1.59. The fourth-order valence-electron chi connectivity index (χ4n) is 2.06. The van der Waals surface area contributed by atoms with Crippen LogP contribution in [0, 0.1) is 0 Å². The summed E-state index contributed by atoms with van der Waals surface area (Å²) in [6, 6.07) is 2.51. The summed E-state index contributed by atoms with van der Waals surface area (Å²) in [6.45, 7) is 11.2. The SMILES string of the molecule is CCCC[Si](Cl)(CCC)N(CC)CC. The highest BCUT2D eigenvalue weighted by atomic mass is 35.6. The molecule has 0 fully saturated rings. The molecule has 0 aromatic rings. The van der Waals surface area contributed by atoms with E-state index in [1.54, 1.807) is 0 Å². The van der Waals surface area contributed by atoms with E-state index in [2.05, 4.69) is 32.3 Å². The quantitative estimate of drug-likeness (QED) is 0.450. The second-order valence-corrected chi connectivity index (χ2v) is 9.52. The Morgan fingerprint density at radius 3 is 1.86 bits per heavy atom. The molecule has 0 rings (SSSR count). The summed E-state index contributed by atoms with van der Waals surface area (Å²) < 4.78 is 2.54. The van der Waals surface area contributed by atoms with Gasteiger partial charge in [-0.25, -0.2) is 0 Å². The van der Waals surface area contributed by atoms with Gasteiger partial charge in [0.05, 0.1) is 0 Å². The Hall–Kier alpha value is 0.467. The van der Waals surface area contributed by atoms with Crippen LogP contribution in [-0.2, 0) is 0 Å². The number of hydrogen-bond acceptors (Lipinski definition) is 1. The molecule has 1 nitrogen and oxygen atoms in total. The van der Waals surface area contributed by atoms with Gasteiger partial charge in [0.15, 0.2) is 0 Å². The summed E-state index contributed by atoms with van der Waals surface area (Å²) >= 11 is 6.85. The topological polar surface area (TPSA) is 3.24 Å². The van der Waals surface area contributed by atoms with E-state index in [0.29, 0.717) is 0 Å². The molecular formula is C11H26ClNSi. The molecule has 0 bridgehead atoms. The molecule has 0 aromatic heterocycles. The van der Waals surface area contributed by atoms with Crippen LogP contribution < -0.4 is 0 Å². The lowest BCUT2D eigenvalue weighted by Gasteiger charge is -2.35. The largest absolute Gasteiger partial charge is 0.312 e. The van der Waals surface area contributed by atoms with Gasteiger partial charge < -0.3 is 4.57 Å². The first kappa shape index (κ1) is 14.5. The lowest BCUT2D eigenvalue weighted by molar-refractivity contribution is 0.465. The predicted molar refractivity (Wildman–Crippen MR) is 69.3 cm³/mol. The van der Waals surface area contributed by atoms with Crippen LogP contribution >= 0.6 is 11.1 Å². The third-order valence-electron chi connectivity index (χ3n) is 2.88. The highest BCUT2D eigenvalue weighted by molar-refractivity contribution is 7.18. The van der Waals surface area contributed by atoms with Crippen molar-refractivity contribution in [2.45, 2.75) is 59.0 Å². The van der Waals surface area contributed by atoms with Crippen molar-refractivity contribution in [3.8, 4) is 0 Å². The van der Waals surface area contributed by atoms with Crippen molar-refractivity contribution in [1.82, 2.24) is 4.57 Å². The number of rotatable bonds is 8. The summed E-state index contributed by atoms with van der Waals surface area (Å²) in [5, 5.41) is 0. The average Bonchev–Trinajstić information content (AvgIpc) is 2.17. The van der Waals surface area contributed by atoms with E-state index < -0.39 is 7.55 Å². The molecule has 0 saturated heterocycles. The Labute approximate surface area is 95.6 Å². The lowest BCUT2D eigenvalue weighted by Crippen LogP contribution is -2.48. The zero-order valence-corrected chi connectivity index (χ0v) is 12.0. The van der Waals surface area contributed by atoms with Crippen LogP contribution in [0.25, 0.3) is 0 Å². The van der Waals surface area contributed by atoms with Crippen LogP contribution in [0.2, 0.25) is 12.1 Å². The second kappa shape index (κ2) is 7.72. The Kier molecular flexibility index (Phi) is 7.98. The number of halogens is 1. The summed E-state index contributed by atoms with van der Waals surface area (Å²) in [6.07, 6.45) is 3.80. The van der Waals surface area contributed by atoms with Gasteiger partial charge >= 0.3 is 0 Å². The van der Waals surface area contributed by atoms with Gasteiger partial charge in [-0.15, -0.1) is 11.1 Å². The van der Waals surface area contributed by atoms with E-state index in [4.69, 9.17) is 11.1 Å². The van der Waals surface area contributed by atoms with Crippen molar-refractivity contribution in [2.24, 2.45) is 0 Å². The van der Waals surface area contributed by atoms with Crippen LogP contribution in [0.5, 0.6) is 0 Å². The molecule has 0 aliphatic heterocycles. The van der Waals surface area contributed by atoms with Gasteiger partial charge in [0.1, 0.15) is 0 Å². The molecule has 1 atom stereocenters. The molecule has 86 valence electrons. The molecule has 0 aliphatic rings. The van der Waals surface area contributed by atoms with Crippen LogP contribution in [0.4, 0.5) is 0 Å². The zero-order chi connectivity index (χ0) is 11.0. The highest BCUT2D eigenvalue weighted by Crippen LogP contribution is 2.28. The second-order valence-electron chi connectivity index (χ2n) is 3.94. The fourth-order valence-corrected chi connectivity index (χ4v) is 7.42. The standard InChI is InChI=1S/C11H26ClNSi/c1-5-9-11-14(12,10-6-2)13(7-3)8-4/h5-11H2,1-4H3. The zero-order valence-electron chi connectivity index (χ0n) is 10.3. The summed E-state index contributed by atoms with van der Waals surface area (Å²) in [5.41, 5.74) is 0. The summed E-state index contributed by atoms with van der Waals surface area (Å²) in [5.74, 6) is 0. The van der Waals surface area contributed by atoms with E-state index in [1.807, 2.05) is 0 Å². The Morgan fingerprint density at radius 1 is 0.929 bits per heavy atom. The molecule has 0 amide bonds. The van der Waals surface area contributed by atoms with Gasteiger partial charge in [-0.1, -0.05) is 47.0 Å². The van der Waals surface area contributed by atoms with E-state index >= 15 is 0 Å². The minimum Gasteiger partial charge on any atom is -0.312 e. The van der Waals surface area contributed by atoms with Crippen molar-refractivity contribution >= 4 is 18.6 Å². The number of unbranched alkanes of at least 4 members (excludes halogenated alkanes) is 1. The van der Waals surface area contributed by atoms with E-state index in [9.17, 15) is 0 Å². The summed E-state index contributed by atoms with van der Waals surface area (Å²) in [7, 11) is -1.59. The predicted octanol–water partition coefficient (Wildman–Crippen LogP) is 4.22. The molecular weight excluding hydrogens is 210 g/mol. The van der Waals surface area contributed by atoms with Gasteiger partial charge in [-0.2, -0.15) is 0 Å². The van der Waals surface area contributed by atoms with E-state index in [0.717, 1.165) is 13.1 Å². The van der Waals surface area contributed by atoms with Crippen molar-refractivity contribution in [2.75, 3.05) is 13.1 Å². The van der Waals surface area contributed by atoms with E-state index in [1.165, 1.54) is 31.4 Å². The van der Waals surface area contributed by atoms with Gasteiger partial charge in [0, 0.05) is 0 Å². The number of hydrogen-bond donors (Lipinski definition) is 0. The molecule has 0 saturated carbocycles. The molecule has 0 heterocycles. The minimum absolute atomic E-state index is 1.12. The van der Waals surface area contributed by atoms with Crippen molar-refractivity contribution in [3.05, 3.63) is 0 Å². The van der Waals surface area contributed by atoms with Gasteiger partial charge in [-0.3, -0.25) is 0 Å². The van der Waals surface area contributed by atoms with Crippen LogP contribution in [0.1, 0.15) is 47.0 Å². The molecule has 0 N–H and O–H groups in total. The van der Waals surface area contributed by atoms with Gasteiger partial charge in [0.2, 0.25) is 7.55 Å². The lowest BCUT2D eigenvalue weighted by atomic mass is 10.4. The monoisotopic (exact) mass is 235 g/mol. The first-order valence-corrected chi connectivity index (χ1v) is 9.45. The maximum absolute atomic E-state index is 6.85. The van der Waals surface area contributed by atoms with Crippen LogP contribution in [-0.4, -0.2) is 25.2 Å². The van der Waals surface area contributed by atoms with Crippen molar-refractivity contribution in [1.29, 1.82) is 0 Å². The third-order valence-corrected chi connectivity index (χ3v) is 8.88. The molecule has 1 unspecified atom stereocenters. The molecule has 0 aliphatic carbocycles. The molecule has 3 heteroatoms. The molecule has 0 spiro atoms. The maximum Gasteiger partial charge on any atom is 0.229 e. The Bertz CT molecular complexity index is 139. The first-order valence-electron chi connectivity index (χ1n) is 6.08. The van der Waals surface area contributed by atoms with E-state index in [-0.39, 0.29) is 0 Å². The van der Waals surface area contributed by atoms with Gasteiger partial charge in [0.25, 0.3) is 0 Å². The Morgan fingerprint density at radius 2 is 1.50 bits per heavy atom. The molecule has 14 heavy (non-hydrogen) atoms. The van der Waals surface area contributed by atoms with Crippen LogP contribution in [0.3, 0.4) is 0 Å². The average molecular weight is 236 g/mol. The van der Waals surface area contributed by atoms with Gasteiger partial charge in [-0.05, 0) is 25.2 Å². The third kappa shape index (κ3) is 4.33. The van der Waals surface area contributed by atoms with Crippen LogP contribution in [0.15, 0.2) is 0 Å². The number of nitrogens with zero attached hydrogens (tertiary/aromatic N) is 1. The molecule has 0 radical (unpaired) electrons. The first-order chi connectivity index (χ1) is 6.64. The normalized spacial score (nSPS) is 15.9. The smallest absolute Gasteiger partial charge is 0.229 e. The highest BCUT2D eigenvalue weighted by Gasteiger charge is 2.34. The maximum atomic E-state index is 6.85. The fraction of sp³-hybridized carbons (Fsp3) is 1.00.